The van der Waals surface area contributed by atoms with E-state index >= 15 is 0 Å². The Hall–Kier alpha value is -1.64. The van der Waals surface area contributed by atoms with Gasteiger partial charge in [0.05, 0.1) is 0 Å². The standard InChI is InChI=1S/C17H27N5O.HI/c1-5-6-7-12-22(4)17(18-3)19-11-10-16(23)21-15-9-8-14(2)13-20-15;/h5,8-9,13H,1,6-7,10-12H2,2-4H3,(H,18,19)(H,20,21,23);1H. The van der Waals surface area contributed by atoms with Crippen LogP contribution in [0.15, 0.2) is 36.0 Å². The highest BCUT2D eigenvalue weighted by atomic mass is 127. The molecule has 1 aromatic heterocycles. The van der Waals surface area contributed by atoms with Crippen LogP contribution in [0.25, 0.3) is 0 Å². The highest BCUT2D eigenvalue weighted by Crippen LogP contribution is 2.04. The number of guanidine groups is 1. The molecule has 0 atom stereocenters. The van der Waals surface area contributed by atoms with E-state index < -0.39 is 0 Å². The van der Waals surface area contributed by atoms with Crippen molar-refractivity contribution in [1.29, 1.82) is 0 Å². The third-order valence-corrected chi connectivity index (χ3v) is 3.29. The van der Waals surface area contributed by atoms with Crippen molar-refractivity contribution in [2.45, 2.75) is 26.2 Å². The minimum Gasteiger partial charge on any atom is -0.356 e. The lowest BCUT2D eigenvalue weighted by atomic mass is 10.3. The Morgan fingerprint density at radius 1 is 1.46 bits per heavy atom. The second-order valence-electron chi connectivity index (χ2n) is 5.35. The number of pyridine rings is 1. The zero-order valence-corrected chi connectivity index (χ0v) is 17.0. The minimum atomic E-state index is -0.0707. The lowest BCUT2D eigenvalue weighted by molar-refractivity contribution is -0.116. The molecule has 0 radical (unpaired) electrons. The Kier molecular flexibility index (Phi) is 11.9. The summed E-state index contributed by atoms with van der Waals surface area (Å²) < 4.78 is 0. The maximum atomic E-state index is 11.9. The van der Waals surface area contributed by atoms with E-state index in [2.05, 4.69) is 27.2 Å². The van der Waals surface area contributed by atoms with E-state index in [0.29, 0.717) is 18.8 Å². The van der Waals surface area contributed by atoms with Crippen LogP contribution in [-0.2, 0) is 4.79 Å². The van der Waals surface area contributed by atoms with Crippen LogP contribution < -0.4 is 10.6 Å². The molecule has 0 saturated carbocycles. The number of nitrogens with zero attached hydrogens (tertiary/aromatic N) is 3. The molecule has 1 rings (SSSR count). The molecule has 0 saturated heterocycles. The average Bonchev–Trinajstić information content (AvgIpc) is 2.54. The molecular formula is C17H28IN5O. The van der Waals surface area contributed by atoms with E-state index in [4.69, 9.17) is 0 Å². The number of anilines is 1. The molecule has 2 N–H and O–H groups in total. The summed E-state index contributed by atoms with van der Waals surface area (Å²) in [5, 5.41) is 5.97. The molecule has 1 amide bonds. The van der Waals surface area contributed by atoms with Crippen molar-refractivity contribution >= 4 is 41.7 Å². The summed E-state index contributed by atoms with van der Waals surface area (Å²) >= 11 is 0. The van der Waals surface area contributed by atoms with Gasteiger partial charge < -0.3 is 15.5 Å². The Balaban J connectivity index is 0.00000529. The number of halogens is 1. The highest BCUT2D eigenvalue weighted by molar-refractivity contribution is 14.0. The Morgan fingerprint density at radius 2 is 2.21 bits per heavy atom. The number of aromatic nitrogens is 1. The van der Waals surface area contributed by atoms with E-state index in [1.165, 1.54) is 0 Å². The van der Waals surface area contributed by atoms with Gasteiger partial charge in [0.1, 0.15) is 5.82 Å². The second-order valence-corrected chi connectivity index (χ2v) is 5.35. The van der Waals surface area contributed by atoms with Gasteiger partial charge in [-0.1, -0.05) is 12.1 Å². The van der Waals surface area contributed by atoms with Crippen LogP contribution in [0.4, 0.5) is 5.82 Å². The van der Waals surface area contributed by atoms with Crippen molar-refractivity contribution in [3.63, 3.8) is 0 Å². The third-order valence-electron chi connectivity index (χ3n) is 3.29. The van der Waals surface area contributed by atoms with Gasteiger partial charge in [0.2, 0.25) is 5.91 Å². The van der Waals surface area contributed by atoms with Crippen molar-refractivity contribution in [1.82, 2.24) is 15.2 Å². The number of unbranched alkanes of at least 4 members (excludes halogenated alkanes) is 1. The number of amides is 1. The number of carbonyl (C=O) groups is 1. The van der Waals surface area contributed by atoms with E-state index in [1.54, 1.807) is 19.3 Å². The fraction of sp³-hybridized carbons (Fsp3) is 0.471. The zero-order chi connectivity index (χ0) is 17.1. The van der Waals surface area contributed by atoms with Gasteiger partial charge in [-0.25, -0.2) is 4.98 Å². The van der Waals surface area contributed by atoms with Crippen LogP contribution >= 0.6 is 24.0 Å². The number of aryl methyl sites for hydroxylation is 1. The summed E-state index contributed by atoms with van der Waals surface area (Å²) in [6.45, 7) is 7.09. The lowest BCUT2D eigenvalue weighted by Crippen LogP contribution is -2.40. The summed E-state index contributed by atoms with van der Waals surface area (Å²) in [5.41, 5.74) is 1.06. The molecule has 0 aliphatic carbocycles. The van der Waals surface area contributed by atoms with Crippen molar-refractivity contribution in [2.24, 2.45) is 4.99 Å². The van der Waals surface area contributed by atoms with Gasteiger partial charge in [0, 0.05) is 39.8 Å². The third kappa shape index (κ3) is 8.85. The molecule has 1 heterocycles. The first-order chi connectivity index (χ1) is 11.1. The minimum absolute atomic E-state index is 0. The van der Waals surface area contributed by atoms with Crippen LogP contribution in [0.2, 0.25) is 0 Å². The van der Waals surface area contributed by atoms with Gasteiger partial charge >= 0.3 is 0 Å². The highest BCUT2D eigenvalue weighted by Gasteiger charge is 2.07. The molecule has 0 aromatic carbocycles. The molecule has 1 aromatic rings. The maximum Gasteiger partial charge on any atom is 0.227 e. The average molecular weight is 445 g/mol. The van der Waals surface area contributed by atoms with Crippen LogP contribution in [0.5, 0.6) is 0 Å². The van der Waals surface area contributed by atoms with Gasteiger partial charge in [-0.2, -0.15) is 0 Å². The number of hydrogen-bond acceptors (Lipinski definition) is 3. The summed E-state index contributed by atoms with van der Waals surface area (Å²) in [6, 6.07) is 3.72. The van der Waals surface area contributed by atoms with Gasteiger partial charge in [-0.15, -0.1) is 30.6 Å². The first-order valence-corrected chi connectivity index (χ1v) is 7.82. The quantitative estimate of drug-likeness (QED) is 0.212. The monoisotopic (exact) mass is 445 g/mol. The van der Waals surface area contributed by atoms with Gasteiger partial charge in [0.15, 0.2) is 5.96 Å². The molecular weight excluding hydrogens is 417 g/mol. The second kappa shape index (κ2) is 12.7. The number of hydrogen-bond donors (Lipinski definition) is 2. The van der Waals surface area contributed by atoms with Crippen LogP contribution in [0.3, 0.4) is 0 Å². The topological polar surface area (TPSA) is 69.6 Å². The fourth-order valence-electron chi connectivity index (χ4n) is 2.00. The lowest BCUT2D eigenvalue weighted by Gasteiger charge is -2.21. The fourth-order valence-corrected chi connectivity index (χ4v) is 2.00. The smallest absolute Gasteiger partial charge is 0.227 e. The Labute approximate surface area is 161 Å². The zero-order valence-electron chi connectivity index (χ0n) is 14.7. The maximum absolute atomic E-state index is 11.9. The molecule has 0 aliphatic rings. The predicted octanol–water partition coefficient (Wildman–Crippen LogP) is 2.81. The molecule has 24 heavy (non-hydrogen) atoms. The number of aliphatic imine (C=N–C) groups is 1. The number of carbonyl (C=O) groups excluding carboxylic acids is 1. The molecule has 7 heteroatoms. The van der Waals surface area contributed by atoms with Crippen molar-refractivity contribution in [3.05, 3.63) is 36.5 Å². The van der Waals surface area contributed by atoms with E-state index in [-0.39, 0.29) is 29.9 Å². The Bertz CT molecular complexity index is 530. The normalized spacial score (nSPS) is 10.5. The first-order valence-electron chi connectivity index (χ1n) is 7.82. The van der Waals surface area contributed by atoms with Crippen LogP contribution in [0, 0.1) is 6.92 Å². The molecule has 0 spiro atoms. The van der Waals surface area contributed by atoms with Crippen LogP contribution in [0.1, 0.15) is 24.8 Å². The van der Waals surface area contributed by atoms with Gasteiger partial charge in [0.25, 0.3) is 0 Å². The Morgan fingerprint density at radius 3 is 2.79 bits per heavy atom. The predicted molar refractivity (Wildman–Crippen MR) is 111 cm³/mol. The number of nitrogens with one attached hydrogen (secondary N) is 2. The van der Waals surface area contributed by atoms with Crippen molar-refractivity contribution in [3.8, 4) is 0 Å². The first kappa shape index (κ1) is 22.4. The number of rotatable bonds is 8. The largest absolute Gasteiger partial charge is 0.356 e. The van der Waals surface area contributed by atoms with Crippen molar-refractivity contribution in [2.75, 3.05) is 32.5 Å². The summed E-state index contributed by atoms with van der Waals surface area (Å²) in [6.07, 6.45) is 6.00. The van der Waals surface area contributed by atoms with Gasteiger partial charge in [-0.3, -0.25) is 9.79 Å². The molecule has 0 fully saturated rings. The molecule has 0 aliphatic heterocycles. The molecule has 0 unspecified atom stereocenters. The van der Waals surface area contributed by atoms with E-state index in [1.807, 2.05) is 31.0 Å². The van der Waals surface area contributed by atoms with Crippen molar-refractivity contribution < 1.29 is 4.79 Å². The summed E-state index contributed by atoms with van der Waals surface area (Å²) in [7, 11) is 3.72. The van der Waals surface area contributed by atoms with E-state index in [9.17, 15) is 4.79 Å². The molecule has 0 bridgehead atoms. The number of allylic oxidation sites excluding steroid dienone is 1. The summed E-state index contributed by atoms with van der Waals surface area (Å²) in [4.78, 5) is 22.3. The molecule has 6 nitrogen and oxygen atoms in total. The SMILES string of the molecule is C=CCCCN(C)C(=NC)NCCC(=O)Nc1ccc(C)cn1.I. The van der Waals surface area contributed by atoms with Crippen LogP contribution in [-0.4, -0.2) is 48.9 Å². The van der Waals surface area contributed by atoms with Gasteiger partial charge in [-0.05, 0) is 31.4 Å². The van der Waals surface area contributed by atoms with E-state index in [0.717, 1.165) is 30.9 Å². The summed E-state index contributed by atoms with van der Waals surface area (Å²) in [5.74, 6) is 1.29. The molecule has 134 valence electrons.